The number of nitrogens with zero attached hydrogens (tertiary/aromatic N) is 4. The van der Waals surface area contributed by atoms with Gasteiger partial charge in [-0.1, -0.05) is 20.8 Å². The molecule has 0 bridgehead atoms. The van der Waals surface area contributed by atoms with Gasteiger partial charge >= 0.3 is 0 Å². The van der Waals surface area contributed by atoms with Crippen LogP contribution in [-0.2, 0) is 11.2 Å². The van der Waals surface area contributed by atoms with E-state index < -0.39 is 11.4 Å². The fraction of sp³-hybridized carbons (Fsp3) is 0.419. The van der Waals surface area contributed by atoms with E-state index >= 15 is 0 Å². The first-order valence-electron chi connectivity index (χ1n) is 13.6. The molecule has 0 spiro atoms. The van der Waals surface area contributed by atoms with Crippen molar-refractivity contribution in [3.63, 3.8) is 0 Å². The Labute approximate surface area is 233 Å². The normalized spacial score (nSPS) is 15.0. The van der Waals surface area contributed by atoms with Crippen molar-refractivity contribution in [2.45, 2.75) is 66.1 Å². The van der Waals surface area contributed by atoms with Crippen LogP contribution in [0.15, 0.2) is 42.9 Å². The molecule has 1 fully saturated rings. The highest BCUT2D eigenvalue weighted by Crippen LogP contribution is 2.36. The second-order valence-electron chi connectivity index (χ2n) is 12.3. The minimum absolute atomic E-state index is 0.0292. The average Bonchev–Trinajstić information content (AvgIpc) is 3.28. The summed E-state index contributed by atoms with van der Waals surface area (Å²) in [4.78, 5) is 31.3. The number of aromatic nitrogens is 4. The van der Waals surface area contributed by atoms with Gasteiger partial charge in [0.05, 0.1) is 31.3 Å². The van der Waals surface area contributed by atoms with E-state index in [0.717, 1.165) is 22.2 Å². The van der Waals surface area contributed by atoms with Crippen molar-refractivity contribution in [3.8, 4) is 28.4 Å². The summed E-state index contributed by atoms with van der Waals surface area (Å²) in [6.07, 6.45) is 3.86. The standard InChI is InChI=1S/C31H36FN5O3/c1-18(2)40-26-8-7-20(13-33-26)25-12-24-28(34-17-35-29(24)36-25)23-11-22(32)9-21(19(23)3)10-27(38)37-15-31(39,16-37)14-30(4,5)6/h7-9,11-13,17-18,39H,10,14-16H2,1-6H3,(H,34,35,36). The van der Waals surface area contributed by atoms with Crippen LogP contribution in [0.1, 0.15) is 52.2 Å². The second-order valence-corrected chi connectivity index (χ2v) is 12.3. The van der Waals surface area contributed by atoms with Gasteiger partial charge in [-0.05, 0) is 68.0 Å². The molecule has 9 heteroatoms. The molecule has 1 amide bonds. The maximum atomic E-state index is 14.9. The second kappa shape index (κ2) is 10.3. The largest absolute Gasteiger partial charge is 0.475 e. The van der Waals surface area contributed by atoms with E-state index in [1.54, 1.807) is 11.1 Å². The van der Waals surface area contributed by atoms with Gasteiger partial charge in [-0.15, -0.1) is 0 Å². The summed E-state index contributed by atoms with van der Waals surface area (Å²) in [6, 6.07) is 8.51. The third-order valence-corrected chi connectivity index (χ3v) is 7.09. The van der Waals surface area contributed by atoms with E-state index in [1.165, 1.54) is 18.5 Å². The summed E-state index contributed by atoms with van der Waals surface area (Å²) < 4.78 is 20.6. The Bertz CT molecular complexity index is 1550. The minimum atomic E-state index is -0.869. The lowest BCUT2D eigenvalue weighted by atomic mass is 9.77. The van der Waals surface area contributed by atoms with Crippen molar-refractivity contribution in [2.75, 3.05) is 13.1 Å². The van der Waals surface area contributed by atoms with Crippen LogP contribution in [0.25, 0.3) is 33.5 Å². The highest BCUT2D eigenvalue weighted by Gasteiger charge is 2.45. The number of amides is 1. The number of benzene rings is 1. The lowest BCUT2D eigenvalue weighted by Crippen LogP contribution is -2.64. The van der Waals surface area contributed by atoms with E-state index in [0.29, 0.717) is 47.9 Å². The summed E-state index contributed by atoms with van der Waals surface area (Å²) in [5.74, 6) is -0.0268. The van der Waals surface area contributed by atoms with Crippen molar-refractivity contribution in [2.24, 2.45) is 5.41 Å². The number of H-pyrrole nitrogens is 1. The van der Waals surface area contributed by atoms with Gasteiger partial charge in [0.25, 0.3) is 0 Å². The molecular formula is C31H36FN5O3. The van der Waals surface area contributed by atoms with Crippen LogP contribution in [0.2, 0.25) is 0 Å². The summed E-state index contributed by atoms with van der Waals surface area (Å²) in [7, 11) is 0. The van der Waals surface area contributed by atoms with Gasteiger partial charge < -0.3 is 19.7 Å². The predicted octanol–water partition coefficient (Wildman–Crippen LogP) is 5.47. The molecule has 0 saturated carbocycles. The molecule has 0 atom stereocenters. The molecule has 0 aliphatic carbocycles. The average molecular weight is 546 g/mol. The Morgan fingerprint density at radius 1 is 1.18 bits per heavy atom. The number of halogens is 1. The van der Waals surface area contributed by atoms with Crippen LogP contribution >= 0.6 is 0 Å². The molecule has 3 aromatic heterocycles. The Hall–Kier alpha value is -3.85. The number of aromatic amines is 1. The van der Waals surface area contributed by atoms with Gasteiger partial charge in [0.1, 0.15) is 23.4 Å². The molecule has 4 aromatic rings. The zero-order valence-corrected chi connectivity index (χ0v) is 23.9. The molecule has 40 heavy (non-hydrogen) atoms. The number of carbonyl (C=O) groups is 1. The summed E-state index contributed by atoms with van der Waals surface area (Å²) in [6.45, 7) is 12.6. The first-order valence-corrected chi connectivity index (χ1v) is 13.6. The van der Waals surface area contributed by atoms with Crippen molar-refractivity contribution in [1.82, 2.24) is 24.8 Å². The fourth-order valence-corrected chi connectivity index (χ4v) is 5.54. The molecule has 210 valence electrons. The number of hydrogen-bond donors (Lipinski definition) is 2. The number of aliphatic hydroxyl groups is 1. The summed E-state index contributed by atoms with van der Waals surface area (Å²) in [5.41, 5.74) is 3.91. The number of fused-ring (bicyclic) bond motifs is 1. The first-order chi connectivity index (χ1) is 18.8. The Balaban J connectivity index is 1.41. The van der Waals surface area contributed by atoms with Gasteiger partial charge in [0.15, 0.2) is 0 Å². The van der Waals surface area contributed by atoms with E-state index in [4.69, 9.17) is 4.74 Å². The fourth-order valence-electron chi connectivity index (χ4n) is 5.54. The minimum Gasteiger partial charge on any atom is -0.475 e. The Morgan fingerprint density at radius 3 is 2.58 bits per heavy atom. The van der Waals surface area contributed by atoms with Crippen molar-refractivity contribution < 1.29 is 19.0 Å². The molecular weight excluding hydrogens is 509 g/mol. The van der Waals surface area contributed by atoms with Gasteiger partial charge in [0, 0.05) is 34.5 Å². The summed E-state index contributed by atoms with van der Waals surface area (Å²) in [5, 5.41) is 11.5. The number of β-amino-alcohol motifs (C(OH)–C–C–N with tert-alkyl or cyclic N) is 1. The maximum Gasteiger partial charge on any atom is 0.227 e. The van der Waals surface area contributed by atoms with Crippen LogP contribution in [0.3, 0.4) is 0 Å². The highest BCUT2D eigenvalue weighted by atomic mass is 19.1. The third kappa shape index (κ3) is 5.84. The van der Waals surface area contributed by atoms with Crippen LogP contribution in [0, 0.1) is 18.2 Å². The lowest BCUT2D eigenvalue weighted by Gasteiger charge is -2.49. The van der Waals surface area contributed by atoms with Crippen molar-refractivity contribution >= 4 is 16.9 Å². The van der Waals surface area contributed by atoms with Crippen LogP contribution in [0.4, 0.5) is 4.39 Å². The monoisotopic (exact) mass is 545 g/mol. The molecule has 5 rings (SSSR count). The Kier molecular flexibility index (Phi) is 7.12. The predicted molar refractivity (Wildman–Crippen MR) is 152 cm³/mol. The molecule has 1 aromatic carbocycles. The lowest BCUT2D eigenvalue weighted by molar-refractivity contribution is -0.159. The topological polar surface area (TPSA) is 104 Å². The molecule has 8 nitrogen and oxygen atoms in total. The number of nitrogens with one attached hydrogen (secondary N) is 1. The quantitative estimate of drug-likeness (QED) is 0.319. The summed E-state index contributed by atoms with van der Waals surface area (Å²) >= 11 is 0. The number of carbonyl (C=O) groups excluding carboxylic acids is 1. The number of likely N-dealkylation sites (tertiary alicyclic amines) is 1. The first kappa shape index (κ1) is 27.7. The SMILES string of the molecule is Cc1c(CC(=O)N2CC(O)(CC(C)(C)C)C2)cc(F)cc1-c1ncnc2[nH]c(-c3ccc(OC(C)C)nc3)cc12. The zero-order valence-electron chi connectivity index (χ0n) is 23.9. The number of ether oxygens (including phenoxy) is 1. The molecule has 0 radical (unpaired) electrons. The molecule has 1 aliphatic heterocycles. The van der Waals surface area contributed by atoms with Crippen LogP contribution in [-0.4, -0.2) is 60.6 Å². The maximum absolute atomic E-state index is 14.9. The van der Waals surface area contributed by atoms with E-state index in [2.05, 4.69) is 40.7 Å². The molecule has 4 heterocycles. The smallest absolute Gasteiger partial charge is 0.227 e. The molecule has 1 aliphatic rings. The van der Waals surface area contributed by atoms with Crippen molar-refractivity contribution in [3.05, 3.63) is 59.8 Å². The number of hydrogen-bond acceptors (Lipinski definition) is 6. The van der Waals surface area contributed by atoms with Crippen LogP contribution in [0.5, 0.6) is 5.88 Å². The van der Waals surface area contributed by atoms with E-state index in [9.17, 15) is 14.3 Å². The Morgan fingerprint density at radius 2 is 1.93 bits per heavy atom. The van der Waals surface area contributed by atoms with Crippen LogP contribution < -0.4 is 4.74 Å². The zero-order chi connectivity index (χ0) is 28.8. The van der Waals surface area contributed by atoms with E-state index in [-0.39, 0.29) is 23.8 Å². The number of pyridine rings is 1. The van der Waals surface area contributed by atoms with Gasteiger partial charge in [-0.25, -0.2) is 19.3 Å². The van der Waals surface area contributed by atoms with Gasteiger partial charge in [0.2, 0.25) is 11.8 Å². The molecule has 1 saturated heterocycles. The number of rotatable bonds is 7. The molecule has 0 unspecified atom stereocenters. The highest BCUT2D eigenvalue weighted by molar-refractivity contribution is 5.95. The van der Waals surface area contributed by atoms with Gasteiger partial charge in [-0.2, -0.15) is 0 Å². The van der Waals surface area contributed by atoms with Gasteiger partial charge in [-0.3, -0.25) is 4.79 Å². The molecule has 2 N–H and O–H groups in total. The van der Waals surface area contributed by atoms with Crippen molar-refractivity contribution in [1.29, 1.82) is 0 Å². The van der Waals surface area contributed by atoms with E-state index in [1.807, 2.05) is 39.0 Å². The third-order valence-electron chi connectivity index (χ3n) is 7.09.